The molecular formula is C17H20FN3O3. The predicted molar refractivity (Wildman–Crippen MR) is 85.4 cm³/mol. The number of aromatic nitrogens is 2. The van der Waals surface area contributed by atoms with Crippen LogP contribution in [0.25, 0.3) is 0 Å². The number of carbonyl (C=O) groups excluding carboxylic acids is 1. The summed E-state index contributed by atoms with van der Waals surface area (Å²) in [4.78, 5) is 12.4. The van der Waals surface area contributed by atoms with Crippen molar-refractivity contribution < 1.29 is 19.0 Å². The molecule has 1 unspecified atom stereocenters. The van der Waals surface area contributed by atoms with E-state index in [2.05, 4.69) is 10.4 Å². The van der Waals surface area contributed by atoms with Crippen molar-refractivity contribution in [3.8, 4) is 5.75 Å². The molecule has 0 spiro atoms. The van der Waals surface area contributed by atoms with Crippen molar-refractivity contribution in [3.05, 3.63) is 47.0 Å². The van der Waals surface area contributed by atoms with Crippen molar-refractivity contribution in [1.82, 2.24) is 15.1 Å². The molecule has 1 amide bonds. The number of benzene rings is 1. The Labute approximate surface area is 139 Å². The summed E-state index contributed by atoms with van der Waals surface area (Å²) in [7, 11) is 1.45. The van der Waals surface area contributed by atoms with Gasteiger partial charge in [0.05, 0.1) is 38.1 Å². The van der Waals surface area contributed by atoms with E-state index in [1.165, 1.54) is 19.2 Å². The molecule has 1 heterocycles. The van der Waals surface area contributed by atoms with Gasteiger partial charge in [0.1, 0.15) is 11.6 Å². The first kappa shape index (κ1) is 16.4. The molecule has 128 valence electrons. The van der Waals surface area contributed by atoms with Crippen molar-refractivity contribution in [2.45, 2.75) is 31.8 Å². The van der Waals surface area contributed by atoms with Crippen molar-refractivity contribution >= 4 is 5.91 Å². The molecule has 1 aliphatic rings. The van der Waals surface area contributed by atoms with Crippen LogP contribution < -0.4 is 10.1 Å². The van der Waals surface area contributed by atoms with Crippen LogP contribution in [0.15, 0.2) is 24.4 Å². The number of hydrogen-bond donors (Lipinski definition) is 2. The number of nitrogens with one attached hydrogen (secondary N) is 1. The van der Waals surface area contributed by atoms with Gasteiger partial charge in [0.15, 0.2) is 0 Å². The Kier molecular flexibility index (Phi) is 4.80. The van der Waals surface area contributed by atoms with E-state index in [0.29, 0.717) is 12.3 Å². The molecule has 0 bridgehead atoms. The molecule has 1 atom stereocenters. The van der Waals surface area contributed by atoms with E-state index in [-0.39, 0.29) is 18.2 Å². The maximum atomic E-state index is 14.1. The van der Waals surface area contributed by atoms with E-state index < -0.39 is 11.7 Å². The van der Waals surface area contributed by atoms with Gasteiger partial charge in [-0.2, -0.15) is 5.10 Å². The lowest BCUT2D eigenvalue weighted by atomic mass is 9.92. The van der Waals surface area contributed by atoms with Crippen LogP contribution in [-0.4, -0.2) is 34.5 Å². The summed E-state index contributed by atoms with van der Waals surface area (Å²) in [5.74, 6) is -0.698. The zero-order valence-electron chi connectivity index (χ0n) is 13.5. The first-order chi connectivity index (χ1) is 11.6. The molecule has 2 N–H and O–H groups in total. The third-order valence-corrected chi connectivity index (χ3v) is 4.30. The second kappa shape index (κ2) is 7.00. The number of fused-ring (bicyclic) bond motifs is 1. The van der Waals surface area contributed by atoms with Crippen LogP contribution in [0.2, 0.25) is 0 Å². The number of methoxy groups -OCH3 is 1. The molecule has 0 saturated carbocycles. The summed E-state index contributed by atoms with van der Waals surface area (Å²) in [6.45, 7) is 0.450. The zero-order valence-corrected chi connectivity index (χ0v) is 13.5. The van der Waals surface area contributed by atoms with Gasteiger partial charge in [-0.1, -0.05) is 0 Å². The molecule has 7 heteroatoms. The second-order valence-corrected chi connectivity index (χ2v) is 5.76. The number of ether oxygens (including phenoxy) is 1. The minimum absolute atomic E-state index is 0.00864. The molecule has 6 nitrogen and oxygen atoms in total. The lowest BCUT2D eigenvalue weighted by molar-refractivity contribution is 0.0928. The minimum Gasteiger partial charge on any atom is -0.497 e. The standard InChI is InChI=1S/C17H20FN3O3/c1-24-11-5-6-12(14(18)9-11)17(23)20-15-3-2-4-16-13(15)10-19-21(16)7-8-22/h5-6,9-10,15,22H,2-4,7-8H2,1H3,(H,20,23). The monoisotopic (exact) mass is 333 g/mol. The molecule has 2 aromatic rings. The van der Waals surface area contributed by atoms with Gasteiger partial charge in [-0.15, -0.1) is 0 Å². The van der Waals surface area contributed by atoms with Crippen LogP contribution in [0.3, 0.4) is 0 Å². The highest BCUT2D eigenvalue weighted by atomic mass is 19.1. The molecule has 0 aliphatic heterocycles. The number of nitrogens with zero attached hydrogens (tertiary/aromatic N) is 2. The van der Waals surface area contributed by atoms with Crippen LogP contribution in [0, 0.1) is 5.82 Å². The average Bonchev–Trinajstić information content (AvgIpc) is 2.99. The predicted octanol–water partition coefficient (Wildman–Crippen LogP) is 1.83. The smallest absolute Gasteiger partial charge is 0.254 e. The normalized spacial score (nSPS) is 16.5. The Balaban J connectivity index is 1.79. The third kappa shape index (κ3) is 3.12. The first-order valence-corrected chi connectivity index (χ1v) is 7.94. The van der Waals surface area contributed by atoms with Crippen LogP contribution in [0.5, 0.6) is 5.75 Å². The highest BCUT2D eigenvalue weighted by Crippen LogP contribution is 2.30. The van der Waals surface area contributed by atoms with Gasteiger partial charge in [-0.05, 0) is 31.4 Å². The molecular weight excluding hydrogens is 313 g/mol. The SMILES string of the molecule is COc1ccc(C(=O)NC2CCCc3c2cnn3CCO)c(F)c1. The van der Waals surface area contributed by atoms with Crippen molar-refractivity contribution in [2.24, 2.45) is 0 Å². The molecule has 3 rings (SSSR count). The highest BCUT2D eigenvalue weighted by Gasteiger charge is 2.26. The summed E-state index contributed by atoms with van der Waals surface area (Å²) >= 11 is 0. The lowest BCUT2D eigenvalue weighted by Gasteiger charge is -2.24. The Hall–Kier alpha value is -2.41. The zero-order chi connectivity index (χ0) is 17.1. The van der Waals surface area contributed by atoms with E-state index in [9.17, 15) is 9.18 Å². The first-order valence-electron chi connectivity index (χ1n) is 7.94. The fourth-order valence-electron chi connectivity index (χ4n) is 3.10. The number of hydrogen-bond acceptors (Lipinski definition) is 4. The van der Waals surface area contributed by atoms with E-state index in [0.717, 1.165) is 30.5 Å². The van der Waals surface area contributed by atoms with Crippen LogP contribution >= 0.6 is 0 Å². The van der Waals surface area contributed by atoms with Gasteiger partial charge < -0.3 is 15.2 Å². The maximum absolute atomic E-state index is 14.1. The largest absolute Gasteiger partial charge is 0.497 e. The summed E-state index contributed by atoms with van der Waals surface area (Å²) in [6.07, 6.45) is 4.26. The van der Waals surface area contributed by atoms with E-state index in [1.807, 2.05) is 0 Å². The van der Waals surface area contributed by atoms with Crippen LogP contribution in [0.4, 0.5) is 4.39 Å². The lowest BCUT2D eigenvalue weighted by Crippen LogP contribution is -2.31. The minimum atomic E-state index is -0.612. The molecule has 0 fully saturated rings. The quantitative estimate of drug-likeness (QED) is 0.875. The number of halogens is 1. The van der Waals surface area contributed by atoms with Gasteiger partial charge in [-0.3, -0.25) is 9.48 Å². The number of aliphatic hydroxyl groups is 1. The number of aliphatic hydroxyl groups excluding tert-OH is 1. The Morgan fingerprint density at radius 3 is 3.08 bits per heavy atom. The summed E-state index contributed by atoms with van der Waals surface area (Å²) in [5, 5.41) is 16.3. The van der Waals surface area contributed by atoms with Gasteiger partial charge in [0, 0.05) is 17.3 Å². The molecule has 1 aliphatic carbocycles. The van der Waals surface area contributed by atoms with Crippen LogP contribution in [-0.2, 0) is 13.0 Å². The molecule has 1 aromatic carbocycles. The Bertz CT molecular complexity index is 745. The van der Waals surface area contributed by atoms with Gasteiger partial charge >= 0.3 is 0 Å². The molecule has 0 saturated heterocycles. The summed E-state index contributed by atoms with van der Waals surface area (Å²) in [5.41, 5.74) is 1.96. The Morgan fingerprint density at radius 2 is 2.38 bits per heavy atom. The fraction of sp³-hybridized carbons (Fsp3) is 0.412. The average molecular weight is 333 g/mol. The van der Waals surface area contributed by atoms with Crippen molar-refractivity contribution in [2.75, 3.05) is 13.7 Å². The molecule has 24 heavy (non-hydrogen) atoms. The summed E-state index contributed by atoms with van der Waals surface area (Å²) < 4.78 is 20.8. The number of carbonyl (C=O) groups is 1. The van der Waals surface area contributed by atoms with Gasteiger partial charge in [0.2, 0.25) is 0 Å². The van der Waals surface area contributed by atoms with Crippen molar-refractivity contribution in [3.63, 3.8) is 0 Å². The summed E-state index contributed by atoms with van der Waals surface area (Å²) in [6, 6.07) is 3.97. The van der Waals surface area contributed by atoms with E-state index in [1.54, 1.807) is 16.9 Å². The van der Waals surface area contributed by atoms with Gasteiger partial charge in [-0.25, -0.2) is 4.39 Å². The number of rotatable bonds is 5. The van der Waals surface area contributed by atoms with Crippen molar-refractivity contribution in [1.29, 1.82) is 0 Å². The third-order valence-electron chi connectivity index (χ3n) is 4.30. The van der Waals surface area contributed by atoms with E-state index >= 15 is 0 Å². The molecule has 0 radical (unpaired) electrons. The van der Waals surface area contributed by atoms with E-state index in [4.69, 9.17) is 9.84 Å². The fourth-order valence-corrected chi connectivity index (χ4v) is 3.10. The highest BCUT2D eigenvalue weighted by molar-refractivity contribution is 5.94. The second-order valence-electron chi connectivity index (χ2n) is 5.76. The van der Waals surface area contributed by atoms with Gasteiger partial charge in [0.25, 0.3) is 5.91 Å². The maximum Gasteiger partial charge on any atom is 0.254 e. The van der Waals surface area contributed by atoms with Crippen LogP contribution in [0.1, 0.15) is 40.5 Å². The molecule has 1 aromatic heterocycles. The Morgan fingerprint density at radius 1 is 1.54 bits per heavy atom. The topological polar surface area (TPSA) is 76.4 Å². The number of amides is 1.